The van der Waals surface area contributed by atoms with Crippen LogP contribution in [-0.2, 0) is 17.8 Å². The number of carbonyl (C=O) groups is 1. The zero-order valence-electron chi connectivity index (χ0n) is 18.8. The van der Waals surface area contributed by atoms with Gasteiger partial charge in [0.2, 0.25) is 11.8 Å². The van der Waals surface area contributed by atoms with E-state index in [4.69, 9.17) is 4.42 Å². The molecule has 0 fully saturated rings. The van der Waals surface area contributed by atoms with Gasteiger partial charge in [-0.1, -0.05) is 23.8 Å². The van der Waals surface area contributed by atoms with Gasteiger partial charge in [0.1, 0.15) is 12.0 Å². The molecule has 0 radical (unpaired) electrons. The van der Waals surface area contributed by atoms with Gasteiger partial charge in [0, 0.05) is 44.0 Å². The molecule has 0 saturated carbocycles. The lowest BCUT2D eigenvalue weighted by atomic mass is 10.1. The van der Waals surface area contributed by atoms with Gasteiger partial charge in [-0.2, -0.15) is 0 Å². The summed E-state index contributed by atoms with van der Waals surface area (Å²) in [6.07, 6.45) is 4.09. The number of guanidine groups is 1. The molecule has 0 aliphatic rings. The van der Waals surface area contributed by atoms with Crippen molar-refractivity contribution in [2.75, 3.05) is 26.7 Å². The SMILES string of the molecule is CCNC(=NCc1coc(-c2ccc(C)cc2)n1)NCC(=O)N(C)CCc1ccccn1. The first-order valence-electron chi connectivity index (χ1n) is 10.7. The highest BCUT2D eigenvalue weighted by Gasteiger charge is 2.11. The molecular formula is C24H30N6O2. The van der Waals surface area contributed by atoms with Crippen LogP contribution < -0.4 is 10.6 Å². The van der Waals surface area contributed by atoms with Crippen LogP contribution in [0.3, 0.4) is 0 Å². The van der Waals surface area contributed by atoms with Gasteiger partial charge in [-0.25, -0.2) is 9.98 Å². The largest absolute Gasteiger partial charge is 0.444 e. The number of aromatic nitrogens is 2. The van der Waals surface area contributed by atoms with Crippen LogP contribution >= 0.6 is 0 Å². The van der Waals surface area contributed by atoms with Crippen molar-refractivity contribution in [3.05, 3.63) is 71.9 Å². The predicted octanol–water partition coefficient (Wildman–Crippen LogP) is 2.80. The molecule has 0 aliphatic carbocycles. The van der Waals surface area contributed by atoms with Gasteiger partial charge >= 0.3 is 0 Å². The van der Waals surface area contributed by atoms with Crippen molar-refractivity contribution in [1.82, 2.24) is 25.5 Å². The number of hydrogen-bond donors (Lipinski definition) is 2. The normalized spacial score (nSPS) is 11.3. The number of hydrogen-bond acceptors (Lipinski definition) is 5. The van der Waals surface area contributed by atoms with Crippen LogP contribution in [0.25, 0.3) is 11.5 Å². The van der Waals surface area contributed by atoms with E-state index in [9.17, 15) is 4.79 Å². The molecule has 1 amide bonds. The molecule has 1 aromatic carbocycles. The maximum Gasteiger partial charge on any atom is 0.241 e. The number of aliphatic imine (C=N–C) groups is 1. The summed E-state index contributed by atoms with van der Waals surface area (Å²) in [7, 11) is 1.79. The van der Waals surface area contributed by atoms with E-state index in [0.717, 1.165) is 17.0 Å². The number of aryl methyl sites for hydroxylation is 1. The lowest BCUT2D eigenvalue weighted by molar-refractivity contribution is -0.128. The smallest absolute Gasteiger partial charge is 0.241 e. The lowest BCUT2D eigenvalue weighted by Crippen LogP contribution is -2.44. The Bertz CT molecular complexity index is 1010. The zero-order chi connectivity index (χ0) is 22.8. The summed E-state index contributed by atoms with van der Waals surface area (Å²) in [5.41, 5.74) is 3.79. The second-order valence-electron chi connectivity index (χ2n) is 7.45. The Morgan fingerprint density at radius 2 is 1.94 bits per heavy atom. The van der Waals surface area contributed by atoms with E-state index >= 15 is 0 Å². The monoisotopic (exact) mass is 434 g/mol. The molecule has 3 aromatic rings. The van der Waals surface area contributed by atoms with Crippen LogP contribution in [0, 0.1) is 6.92 Å². The van der Waals surface area contributed by atoms with Gasteiger partial charge in [0.15, 0.2) is 5.96 Å². The Labute approximate surface area is 188 Å². The van der Waals surface area contributed by atoms with Crippen molar-refractivity contribution < 1.29 is 9.21 Å². The highest BCUT2D eigenvalue weighted by atomic mass is 16.3. The van der Waals surface area contributed by atoms with Crippen LogP contribution in [0.5, 0.6) is 0 Å². The Morgan fingerprint density at radius 1 is 1.12 bits per heavy atom. The van der Waals surface area contributed by atoms with Gasteiger partial charge in [-0.3, -0.25) is 9.78 Å². The van der Waals surface area contributed by atoms with Crippen molar-refractivity contribution in [3.63, 3.8) is 0 Å². The molecule has 2 heterocycles. The number of carbonyl (C=O) groups excluding carboxylic acids is 1. The third kappa shape index (κ3) is 6.94. The number of oxazole rings is 1. The minimum atomic E-state index is -0.0189. The van der Waals surface area contributed by atoms with Crippen molar-refractivity contribution in [1.29, 1.82) is 0 Å². The average molecular weight is 435 g/mol. The standard InChI is InChI=1S/C24H30N6O2/c1-4-25-24(28-16-22(31)30(3)14-12-20-7-5-6-13-26-20)27-15-21-17-32-23(29-21)19-10-8-18(2)9-11-19/h5-11,13,17H,4,12,14-16H2,1-3H3,(H2,25,27,28). The lowest BCUT2D eigenvalue weighted by Gasteiger charge is -2.18. The molecule has 2 N–H and O–H groups in total. The van der Waals surface area contributed by atoms with Gasteiger partial charge in [-0.15, -0.1) is 0 Å². The van der Waals surface area contributed by atoms with Crippen LogP contribution in [0.15, 0.2) is 64.3 Å². The molecule has 0 spiro atoms. The predicted molar refractivity (Wildman–Crippen MR) is 125 cm³/mol. The summed E-state index contributed by atoms with van der Waals surface area (Å²) in [6.45, 7) is 5.79. The molecule has 0 aliphatic heterocycles. The Hall–Kier alpha value is -3.68. The first-order chi connectivity index (χ1) is 15.5. The molecule has 0 bridgehead atoms. The molecule has 3 rings (SSSR count). The average Bonchev–Trinajstić information content (AvgIpc) is 3.29. The fourth-order valence-electron chi connectivity index (χ4n) is 2.96. The molecule has 32 heavy (non-hydrogen) atoms. The second kappa shape index (κ2) is 11.6. The summed E-state index contributed by atoms with van der Waals surface area (Å²) in [4.78, 5) is 27.5. The van der Waals surface area contributed by atoms with Gasteiger partial charge in [0.05, 0.1) is 13.1 Å². The Kier molecular flexibility index (Phi) is 8.36. The first-order valence-corrected chi connectivity index (χ1v) is 10.7. The topological polar surface area (TPSA) is 95.7 Å². The van der Waals surface area contributed by atoms with Crippen molar-refractivity contribution in [3.8, 4) is 11.5 Å². The van der Waals surface area contributed by atoms with Crippen LogP contribution in [-0.4, -0.2) is 53.4 Å². The zero-order valence-corrected chi connectivity index (χ0v) is 18.8. The summed E-state index contributed by atoms with van der Waals surface area (Å²) < 4.78 is 5.59. The summed E-state index contributed by atoms with van der Waals surface area (Å²) in [5.74, 6) is 1.10. The number of nitrogens with zero attached hydrogens (tertiary/aromatic N) is 4. The molecule has 0 saturated heterocycles. The minimum Gasteiger partial charge on any atom is -0.444 e. The van der Waals surface area contributed by atoms with E-state index < -0.39 is 0 Å². The van der Waals surface area contributed by atoms with Gasteiger partial charge in [0.25, 0.3) is 0 Å². The van der Waals surface area contributed by atoms with Crippen molar-refractivity contribution in [2.45, 2.75) is 26.8 Å². The quantitative estimate of drug-likeness (QED) is 0.397. The molecular weight excluding hydrogens is 404 g/mol. The van der Waals surface area contributed by atoms with E-state index in [2.05, 4.69) is 25.6 Å². The fourth-order valence-corrected chi connectivity index (χ4v) is 2.96. The first kappa shape index (κ1) is 23.0. The number of benzene rings is 1. The van der Waals surface area contributed by atoms with E-state index in [-0.39, 0.29) is 12.5 Å². The second-order valence-corrected chi connectivity index (χ2v) is 7.45. The maximum absolute atomic E-state index is 12.5. The third-order valence-electron chi connectivity index (χ3n) is 4.86. The molecule has 8 heteroatoms. The number of amides is 1. The summed E-state index contributed by atoms with van der Waals surface area (Å²) in [6, 6.07) is 13.8. The summed E-state index contributed by atoms with van der Waals surface area (Å²) in [5, 5.41) is 6.24. The highest BCUT2D eigenvalue weighted by molar-refractivity contribution is 5.86. The third-order valence-corrected chi connectivity index (χ3v) is 4.86. The van der Waals surface area contributed by atoms with Gasteiger partial charge < -0.3 is 20.0 Å². The molecule has 0 unspecified atom stereocenters. The van der Waals surface area contributed by atoms with E-state index in [1.807, 2.05) is 56.3 Å². The fraction of sp³-hybridized carbons (Fsp3) is 0.333. The Morgan fingerprint density at radius 3 is 2.66 bits per heavy atom. The number of pyridine rings is 1. The minimum absolute atomic E-state index is 0.0189. The van der Waals surface area contributed by atoms with Crippen LogP contribution in [0.4, 0.5) is 0 Å². The van der Waals surface area contributed by atoms with E-state index in [0.29, 0.717) is 37.9 Å². The molecule has 0 atom stereocenters. The molecule has 2 aromatic heterocycles. The van der Waals surface area contributed by atoms with Crippen molar-refractivity contribution in [2.24, 2.45) is 4.99 Å². The van der Waals surface area contributed by atoms with Crippen LogP contribution in [0.2, 0.25) is 0 Å². The maximum atomic E-state index is 12.5. The van der Waals surface area contributed by atoms with Crippen molar-refractivity contribution >= 4 is 11.9 Å². The van der Waals surface area contributed by atoms with E-state index in [1.165, 1.54) is 5.56 Å². The number of likely N-dealkylation sites (N-methyl/N-ethyl adjacent to an activating group) is 1. The molecule has 168 valence electrons. The Balaban J connectivity index is 1.51. The number of rotatable bonds is 9. The van der Waals surface area contributed by atoms with E-state index in [1.54, 1.807) is 24.4 Å². The highest BCUT2D eigenvalue weighted by Crippen LogP contribution is 2.19. The summed E-state index contributed by atoms with van der Waals surface area (Å²) >= 11 is 0. The molecule has 8 nitrogen and oxygen atoms in total. The van der Waals surface area contributed by atoms with Crippen LogP contribution in [0.1, 0.15) is 23.9 Å². The van der Waals surface area contributed by atoms with Gasteiger partial charge in [-0.05, 0) is 38.1 Å². The number of nitrogens with one attached hydrogen (secondary N) is 2.